The van der Waals surface area contributed by atoms with Crippen LogP contribution in [0.25, 0.3) is 11.3 Å². The number of aromatic nitrogens is 2. The van der Waals surface area contributed by atoms with Crippen LogP contribution in [0.2, 0.25) is 15.1 Å². The molecule has 1 aliphatic heterocycles. The second-order valence-electron chi connectivity index (χ2n) is 10.4. The fraction of sp³-hybridized carbons (Fsp3) is 0.300. The highest BCUT2D eigenvalue weighted by molar-refractivity contribution is 6.39. The summed E-state index contributed by atoms with van der Waals surface area (Å²) < 4.78 is 11.9. The molecule has 0 bridgehead atoms. The average molecular weight is 615 g/mol. The van der Waals surface area contributed by atoms with Gasteiger partial charge in [-0.3, -0.25) is 4.98 Å². The quantitative estimate of drug-likeness (QED) is 0.212. The minimum absolute atomic E-state index is 0.125. The van der Waals surface area contributed by atoms with Crippen LogP contribution in [-0.2, 0) is 12.2 Å². The van der Waals surface area contributed by atoms with Gasteiger partial charge in [-0.25, -0.2) is 4.79 Å². The Morgan fingerprint density at radius 2 is 1.78 bits per heavy atom. The van der Waals surface area contributed by atoms with Crippen LogP contribution in [-0.4, -0.2) is 39.4 Å². The first kappa shape index (κ1) is 27.8. The van der Waals surface area contributed by atoms with Gasteiger partial charge in [0.2, 0.25) is 0 Å². The number of ether oxygens (including phenoxy) is 1. The molecule has 0 amide bonds. The van der Waals surface area contributed by atoms with Gasteiger partial charge in [0.15, 0.2) is 0 Å². The van der Waals surface area contributed by atoms with Gasteiger partial charge in [0.25, 0.3) is 0 Å². The third-order valence-electron chi connectivity index (χ3n) is 7.72. The van der Waals surface area contributed by atoms with Crippen molar-refractivity contribution in [2.24, 2.45) is 0 Å². The van der Waals surface area contributed by atoms with Crippen molar-refractivity contribution in [2.45, 2.75) is 43.8 Å². The van der Waals surface area contributed by atoms with E-state index in [1.807, 2.05) is 4.90 Å². The number of aliphatic hydroxyl groups is 1. The smallest absolute Gasteiger partial charge is 0.337 e. The lowest BCUT2D eigenvalue weighted by molar-refractivity contribution is 0.0118. The van der Waals surface area contributed by atoms with Crippen LogP contribution in [0.4, 0.5) is 5.69 Å². The number of benzene rings is 2. The standard InChI is InChI=1S/C30H26Cl3N3O5/c31-23-2-1-3-24(32)26(23)27-21(28(41-35-27)17-4-5-17)16-40-20-6-7-22(25(33)13-20)30(39)8-10-36(11-9-30)19-12-18(29(37)38)14-34-15-19/h1-3,6-7,12-15,17,39H,4-5,8-11,16H2,(H,37,38). The van der Waals surface area contributed by atoms with Crippen LogP contribution >= 0.6 is 34.8 Å². The molecule has 0 atom stereocenters. The molecule has 2 N–H and O–H groups in total. The predicted octanol–water partition coefficient (Wildman–Crippen LogP) is 7.34. The summed E-state index contributed by atoms with van der Waals surface area (Å²) in [5.74, 6) is 0.586. The van der Waals surface area contributed by atoms with Gasteiger partial charge in [0.1, 0.15) is 23.8 Å². The maximum Gasteiger partial charge on any atom is 0.337 e. The molecule has 2 fully saturated rings. The first-order valence-corrected chi connectivity index (χ1v) is 14.4. The molecule has 1 saturated carbocycles. The topological polar surface area (TPSA) is 109 Å². The number of rotatable bonds is 8. The first-order valence-electron chi connectivity index (χ1n) is 13.2. The van der Waals surface area contributed by atoms with E-state index in [1.165, 1.54) is 6.20 Å². The number of nitrogens with zero attached hydrogens (tertiary/aromatic N) is 3. The lowest BCUT2D eigenvalue weighted by atomic mass is 9.84. The van der Waals surface area contributed by atoms with Gasteiger partial charge >= 0.3 is 5.97 Å². The third kappa shape index (κ3) is 5.62. The zero-order valence-electron chi connectivity index (χ0n) is 21.8. The van der Waals surface area contributed by atoms with Gasteiger partial charge in [-0.15, -0.1) is 0 Å². The maximum atomic E-state index is 11.5. The Hall–Kier alpha value is -3.30. The van der Waals surface area contributed by atoms with Crippen molar-refractivity contribution < 1.29 is 24.3 Å². The molecule has 0 spiro atoms. The van der Waals surface area contributed by atoms with Crippen LogP contribution in [0.1, 0.15) is 58.8 Å². The Bertz CT molecular complexity index is 1590. The van der Waals surface area contributed by atoms with Gasteiger partial charge in [0, 0.05) is 36.3 Å². The SMILES string of the molecule is O=C(O)c1cncc(N2CCC(O)(c3ccc(OCc4c(-c5c(Cl)cccc5Cl)noc4C4CC4)cc3Cl)CC2)c1. The molecule has 212 valence electrons. The molecular formula is C30H26Cl3N3O5. The minimum atomic E-state index is -1.13. The molecule has 1 aliphatic carbocycles. The number of pyridine rings is 1. The summed E-state index contributed by atoms with van der Waals surface area (Å²) in [4.78, 5) is 17.4. The largest absolute Gasteiger partial charge is 0.489 e. The van der Waals surface area contributed by atoms with Crippen molar-refractivity contribution in [2.75, 3.05) is 18.0 Å². The molecule has 0 unspecified atom stereocenters. The Balaban J connectivity index is 1.17. The number of hydrogen-bond donors (Lipinski definition) is 2. The van der Waals surface area contributed by atoms with Gasteiger partial charge in [-0.2, -0.15) is 0 Å². The average Bonchev–Trinajstić information content (AvgIpc) is 3.72. The molecule has 2 aliphatic rings. The zero-order valence-corrected chi connectivity index (χ0v) is 24.1. The highest BCUT2D eigenvalue weighted by Gasteiger charge is 2.37. The molecule has 2 aromatic heterocycles. The molecule has 4 aromatic rings. The normalized spacial score (nSPS) is 16.5. The van der Waals surface area contributed by atoms with Gasteiger partial charge < -0.3 is 24.4 Å². The van der Waals surface area contributed by atoms with E-state index < -0.39 is 11.6 Å². The zero-order chi connectivity index (χ0) is 28.7. The maximum absolute atomic E-state index is 11.5. The Kier molecular flexibility index (Phi) is 7.59. The van der Waals surface area contributed by atoms with E-state index in [0.717, 1.165) is 24.2 Å². The van der Waals surface area contributed by atoms with E-state index in [2.05, 4.69) is 10.1 Å². The van der Waals surface area contributed by atoms with Gasteiger partial charge in [0.05, 0.1) is 43.7 Å². The Labute approximate surface area is 251 Å². The highest BCUT2D eigenvalue weighted by Crippen LogP contribution is 2.46. The van der Waals surface area contributed by atoms with Crippen LogP contribution in [0.15, 0.2) is 59.4 Å². The molecular weight excluding hydrogens is 589 g/mol. The number of carboxylic acid groups (broad SMARTS) is 1. The molecule has 8 nitrogen and oxygen atoms in total. The summed E-state index contributed by atoms with van der Waals surface area (Å²) in [6, 6.07) is 12.2. The van der Waals surface area contributed by atoms with Crippen molar-refractivity contribution in [3.63, 3.8) is 0 Å². The van der Waals surface area contributed by atoms with E-state index in [4.69, 9.17) is 44.1 Å². The number of carboxylic acids is 1. The van der Waals surface area contributed by atoms with Crippen LogP contribution in [0, 0.1) is 0 Å². The number of halogens is 3. The number of carbonyl (C=O) groups is 1. The van der Waals surface area contributed by atoms with E-state index in [-0.39, 0.29) is 12.2 Å². The Morgan fingerprint density at radius 1 is 1.05 bits per heavy atom. The van der Waals surface area contributed by atoms with E-state index in [1.54, 1.807) is 48.7 Å². The Morgan fingerprint density at radius 3 is 2.44 bits per heavy atom. The van der Waals surface area contributed by atoms with Crippen molar-refractivity contribution in [1.29, 1.82) is 0 Å². The third-order valence-corrected chi connectivity index (χ3v) is 8.66. The van der Waals surface area contributed by atoms with E-state index in [9.17, 15) is 15.0 Å². The van der Waals surface area contributed by atoms with E-state index >= 15 is 0 Å². The van der Waals surface area contributed by atoms with Crippen molar-refractivity contribution >= 4 is 46.5 Å². The van der Waals surface area contributed by atoms with Crippen LogP contribution in [0.5, 0.6) is 5.75 Å². The molecule has 6 rings (SSSR count). The summed E-state index contributed by atoms with van der Waals surface area (Å²) in [6.45, 7) is 1.21. The lowest BCUT2D eigenvalue weighted by Crippen LogP contribution is -2.42. The van der Waals surface area contributed by atoms with Crippen LogP contribution in [0.3, 0.4) is 0 Å². The van der Waals surface area contributed by atoms with Crippen molar-refractivity contribution in [3.05, 3.63) is 92.4 Å². The van der Waals surface area contributed by atoms with Gasteiger partial charge in [-0.05, 0) is 56.0 Å². The van der Waals surface area contributed by atoms with Crippen molar-refractivity contribution in [1.82, 2.24) is 10.1 Å². The van der Waals surface area contributed by atoms with Crippen LogP contribution < -0.4 is 9.64 Å². The summed E-state index contributed by atoms with van der Waals surface area (Å²) in [5.41, 5.74) is 2.29. The second-order valence-corrected chi connectivity index (χ2v) is 11.7. The summed E-state index contributed by atoms with van der Waals surface area (Å²) in [6.07, 6.45) is 5.82. The molecule has 11 heteroatoms. The monoisotopic (exact) mass is 613 g/mol. The predicted molar refractivity (Wildman–Crippen MR) is 156 cm³/mol. The van der Waals surface area contributed by atoms with Gasteiger partial charge in [-0.1, -0.05) is 52.1 Å². The second kappa shape index (κ2) is 11.2. The number of anilines is 1. The first-order chi connectivity index (χ1) is 19.7. The van der Waals surface area contributed by atoms with E-state index in [0.29, 0.717) is 75.2 Å². The lowest BCUT2D eigenvalue weighted by Gasteiger charge is -2.40. The molecule has 0 radical (unpaired) electrons. The highest BCUT2D eigenvalue weighted by atomic mass is 35.5. The molecule has 1 saturated heterocycles. The van der Waals surface area contributed by atoms with Crippen molar-refractivity contribution in [3.8, 4) is 17.0 Å². The molecule has 41 heavy (non-hydrogen) atoms. The summed E-state index contributed by atoms with van der Waals surface area (Å²) >= 11 is 19.6. The summed E-state index contributed by atoms with van der Waals surface area (Å²) in [7, 11) is 0. The summed E-state index contributed by atoms with van der Waals surface area (Å²) in [5, 5.41) is 26.4. The number of aromatic carboxylic acids is 1. The fourth-order valence-electron chi connectivity index (χ4n) is 5.29. The number of piperidine rings is 1. The minimum Gasteiger partial charge on any atom is -0.489 e. The molecule has 3 heterocycles. The number of hydrogen-bond acceptors (Lipinski definition) is 7. The fourth-order valence-corrected chi connectivity index (χ4v) is 6.21. The molecule has 2 aromatic carbocycles.